The lowest BCUT2D eigenvalue weighted by Crippen LogP contribution is -2.41. The minimum absolute atomic E-state index is 0.0419. The van der Waals surface area contributed by atoms with Crippen LogP contribution in [0.3, 0.4) is 0 Å². The molecule has 1 N–H and O–H groups in total. The van der Waals surface area contributed by atoms with Crippen molar-refractivity contribution in [3.8, 4) is 11.6 Å². The molecule has 0 aliphatic carbocycles. The highest BCUT2D eigenvalue weighted by atomic mass is 32.1. The highest BCUT2D eigenvalue weighted by Crippen LogP contribution is 2.48. The zero-order valence-corrected chi connectivity index (χ0v) is 22.0. The minimum Gasteiger partial charge on any atom is -0.489 e. The number of fused-ring (bicyclic) bond motifs is 3. The molecule has 0 saturated carbocycles. The van der Waals surface area contributed by atoms with Crippen molar-refractivity contribution in [3.63, 3.8) is 0 Å². The van der Waals surface area contributed by atoms with E-state index < -0.39 is 0 Å². The van der Waals surface area contributed by atoms with Gasteiger partial charge in [-0.05, 0) is 41.8 Å². The molecule has 9 nitrogen and oxygen atoms in total. The molecular weight excluding hydrogens is 502 g/mol. The molecule has 0 bridgehead atoms. The molecule has 2 aliphatic heterocycles. The first-order valence-corrected chi connectivity index (χ1v) is 13.2. The number of urea groups is 1. The average Bonchev–Trinajstić information content (AvgIpc) is 3.63. The molecule has 4 aromatic rings. The first kappa shape index (κ1) is 24.2. The first-order chi connectivity index (χ1) is 18.4. The van der Waals surface area contributed by atoms with Gasteiger partial charge in [-0.2, -0.15) is 0 Å². The van der Waals surface area contributed by atoms with Gasteiger partial charge in [-0.15, -0.1) is 0 Å². The number of ether oxygens (including phenoxy) is 2. The third kappa shape index (κ3) is 4.41. The molecule has 10 heteroatoms. The highest BCUT2D eigenvalue weighted by molar-refractivity contribution is 7.22. The van der Waals surface area contributed by atoms with Crippen LogP contribution in [0.25, 0.3) is 10.3 Å². The maximum absolute atomic E-state index is 13.6. The van der Waals surface area contributed by atoms with Crippen molar-refractivity contribution in [3.05, 3.63) is 71.8 Å². The van der Waals surface area contributed by atoms with Crippen LogP contribution in [-0.2, 0) is 16.8 Å². The van der Waals surface area contributed by atoms with Crippen molar-refractivity contribution in [2.24, 2.45) is 0 Å². The Kier molecular flexibility index (Phi) is 6.11. The summed E-state index contributed by atoms with van der Waals surface area (Å²) in [6, 6.07) is 19.2. The van der Waals surface area contributed by atoms with Crippen LogP contribution >= 0.6 is 11.3 Å². The number of likely N-dealkylation sites (tertiary alicyclic amines) is 1. The number of hydrogen-bond donors (Lipinski definition) is 1. The van der Waals surface area contributed by atoms with Crippen molar-refractivity contribution >= 4 is 44.4 Å². The number of carbonyl (C=O) groups is 2. The van der Waals surface area contributed by atoms with E-state index in [1.807, 2.05) is 59.5 Å². The molecule has 1 fully saturated rings. The van der Waals surface area contributed by atoms with Gasteiger partial charge in [-0.25, -0.2) is 14.8 Å². The van der Waals surface area contributed by atoms with Crippen LogP contribution in [0.2, 0.25) is 0 Å². The standard InChI is InChI=1S/C28H27N5O4S/c1-18(34)32-13-12-28(16-32)17-33(27(35)31-26-29-22-9-11-24(36-2)30-25(22)38-26)23-10-8-20(14-21(23)28)37-15-19-6-4-3-5-7-19/h3-11,14H,12-13,15-17H2,1-2H3,(H,29,31,35). The van der Waals surface area contributed by atoms with Gasteiger partial charge in [0.2, 0.25) is 11.8 Å². The molecule has 1 saturated heterocycles. The van der Waals surface area contributed by atoms with Crippen molar-refractivity contribution in [1.29, 1.82) is 0 Å². The topological polar surface area (TPSA) is 96.9 Å². The van der Waals surface area contributed by atoms with E-state index in [0.717, 1.165) is 29.0 Å². The fourth-order valence-corrected chi connectivity index (χ4v) is 6.10. The molecule has 3 amide bonds. The van der Waals surface area contributed by atoms with Crippen molar-refractivity contribution in [1.82, 2.24) is 14.9 Å². The summed E-state index contributed by atoms with van der Waals surface area (Å²) >= 11 is 1.30. The second-order valence-electron chi connectivity index (χ2n) is 9.64. The minimum atomic E-state index is -0.354. The second-order valence-corrected chi connectivity index (χ2v) is 10.6. The predicted molar refractivity (Wildman–Crippen MR) is 146 cm³/mol. The Hall–Kier alpha value is -4.18. The number of anilines is 2. The van der Waals surface area contributed by atoms with Gasteiger partial charge in [0.25, 0.3) is 0 Å². The summed E-state index contributed by atoms with van der Waals surface area (Å²) in [5, 5.41) is 3.42. The fourth-order valence-electron chi connectivity index (χ4n) is 5.28. The summed E-state index contributed by atoms with van der Waals surface area (Å²) in [6.07, 6.45) is 0.774. The van der Waals surface area contributed by atoms with E-state index in [1.165, 1.54) is 11.3 Å². The third-order valence-corrected chi connectivity index (χ3v) is 8.12. The lowest BCUT2D eigenvalue weighted by atomic mass is 9.81. The Morgan fingerprint density at radius 1 is 1.08 bits per heavy atom. The fraction of sp³-hybridized carbons (Fsp3) is 0.286. The summed E-state index contributed by atoms with van der Waals surface area (Å²) in [7, 11) is 1.56. The van der Waals surface area contributed by atoms with E-state index >= 15 is 0 Å². The molecule has 1 spiro atoms. The maximum Gasteiger partial charge on any atom is 0.328 e. The lowest BCUT2D eigenvalue weighted by Gasteiger charge is -2.25. The van der Waals surface area contributed by atoms with Gasteiger partial charge in [0.1, 0.15) is 22.7 Å². The van der Waals surface area contributed by atoms with Gasteiger partial charge in [0.15, 0.2) is 5.13 Å². The summed E-state index contributed by atoms with van der Waals surface area (Å²) in [4.78, 5) is 39.0. The largest absolute Gasteiger partial charge is 0.489 e. The molecule has 0 radical (unpaired) electrons. The van der Waals surface area contributed by atoms with E-state index in [4.69, 9.17) is 9.47 Å². The number of methoxy groups -OCH3 is 1. The van der Waals surface area contributed by atoms with Gasteiger partial charge in [-0.1, -0.05) is 41.7 Å². The molecule has 38 heavy (non-hydrogen) atoms. The Morgan fingerprint density at radius 2 is 1.92 bits per heavy atom. The van der Waals surface area contributed by atoms with Crippen LogP contribution in [0.1, 0.15) is 24.5 Å². The van der Waals surface area contributed by atoms with Gasteiger partial charge in [0, 0.05) is 43.7 Å². The van der Waals surface area contributed by atoms with E-state index in [-0.39, 0.29) is 17.4 Å². The van der Waals surface area contributed by atoms with E-state index in [0.29, 0.717) is 47.6 Å². The Labute approximate surface area is 224 Å². The van der Waals surface area contributed by atoms with Crippen LogP contribution in [0.4, 0.5) is 15.6 Å². The zero-order chi connectivity index (χ0) is 26.3. The SMILES string of the molecule is COc1ccc2nc(NC(=O)N3CC4(CCN(C(C)=O)C4)c4cc(OCc5ccccc5)ccc43)sc2n1. The number of aromatic nitrogens is 2. The van der Waals surface area contributed by atoms with Gasteiger partial charge in [-0.3, -0.25) is 15.0 Å². The van der Waals surface area contributed by atoms with Crippen LogP contribution in [-0.4, -0.2) is 53.6 Å². The van der Waals surface area contributed by atoms with E-state index in [2.05, 4.69) is 15.3 Å². The monoisotopic (exact) mass is 529 g/mol. The predicted octanol–water partition coefficient (Wildman–Crippen LogP) is 4.82. The summed E-state index contributed by atoms with van der Waals surface area (Å²) < 4.78 is 11.3. The van der Waals surface area contributed by atoms with Crippen molar-refractivity contribution in [2.75, 3.05) is 37.0 Å². The van der Waals surface area contributed by atoms with Gasteiger partial charge < -0.3 is 14.4 Å². The third-order valence-electron chi connectivity index (χ3n) is 7.24. The van der Waals surface area contributed by atoms with E-state index in [1.54, 1.807) is 25.0 Å². The lowest BCUT2D eigenvalue weighted by molar-refractivity contribution is -0.127. The summed E-state index contributed by atoms with van der Waals surface area (Å²) in [6.45, 7) is 3.73. The van der Waals surface area contributed by atoms with Crippen LogP contribution in [0, 0.1) is 0 Å². The second kappa shape index (κ2) is 9.60. The Balaban J connectivity index is 1.28. The number of nitrogens with zero attached hydrogens (tertiary/aromatic N) is 4. The molecular formula is C28H27N5O4S. The number of benzene rings is 2. The summed E-state index contributed by atoms with van der Waals surface area (Å²) in [5.41, 5.74) is 3.26. The number of carbonyl (C=O) groups excluding carboxylic acids is 2. The molecule has 4 heterocycles. The quantitative estimate of drug-likeness (QED) is 0.398. The summed E-state index contributed by atoms with van der Waals surface area (Å²) in [5.74, 6) is 1.28. The maximum atomic E-state index is 13.6. The highest BCUT2D eigenvalue weighted by Gasteiger charge is 2.49. The Morgan fingerprint density at radius 3 is 2.68 bits per heavy atom. The molecule has 6 rings (SSSR count). The molecule has 1 unspecified atom stereocenters. The van der Waals surface area contributed by atoms with E-state index in [9.17, 15) is 9.59 Å². The van der Waals surface area contributed by atoms with Gasteiger partial charge >= 0.3 is 6.03 Å². The molecule has 2 aliphatic rings. The van der Waals surface area contributed by atoms with Crippen LogP contribution in [0.5, 0.6) is 11.6 Å². The number of amides is 3. The molecule has 1 atom stereocenters. The number of nitrogens with one attached hydrogen (secondary N) is 1. The van der Waals surface area contributed by atoms with Crippen molar-refractivity contribution < 1.29 is 19.1 Å². The molecule has 2 aromatic carbocycles. The number of rotatable bonds is 5. The van der Waals surface area contributed by atoms with Crippen molar-refractivity contribution in [2.45, 2.75) is 25.4 Å². The smallest absolute Gasteiger partial charge is 0.328 e. The zero-order valence-electron chi connectivity index (χ0n) is 21.1. The number of hydrogen-bond acceptors (Lipinski definition) is 7. The molecule has 2 aromatic heterocycles. The molecule has 194 valence electrons. The normalized spacial score (nSPS) is 18.2. The average molecular weight is 530 g/mol. The van der Waals surface area contributed by atoms with Crippen LogP contribution < -0.4 is 19.7 Å². The Bertz CT molecular complexity index is 1520. The van der Waals surface area contributed by atoms with Gasteiger partial charge in [0.05, 0.1) is 7.11 Å². The number of thiazole rings is 1. The van der Waals surface area contributed by atoms with Crippen LogP contribution in [0.15, 0.2) is 60.7 Å². The number of pyridine rings is 1. The first-order valence-electron chi connectivity index (χ1n) is 12.4.